The summed E-state index contributed by atoms with van der Waals surface area (Å²) in [4.78, 5) is 13.9. The molecule has 0 aliphatic heterocycles. The smallest absolute Gasteiger partial charge is 0.410 e. The summed E-state index contributed by atoms with van der Waals surface area (Å²) in [6.07, 6.45) is 1.96. The molecule has 1 aromatic carbocycles. The molecule has 3 nitrogen and oxygen atoms in total. The van der Waals surface area contributed by atoms with Gasteiger partial charge in [-0.3, -0.25) is 0 Å². The molecule has 0 radical (unpaired) electrons. The van der Waals surface area contributed by atoms with Crippen molar-refractivity contribution in [2.75, 3.05) is 7.05 Å². The van der Waals surface area contributed by atoms with Gasteiger partial charge in [-0.1, -0.05) is 17.7 Å². The van der Waals surface area contributed by atoms with Crippen LogP contribution in [0.15, 0.2) is 16.6 Å². The number of carbonyl (C=O) groups excluding carboxylic acids is 1. The van der Waals surface area contributed by atoms with E-state index in [4.69, 9.17) is 16.3 Å². The predicted molar refractivity (Wildman–Crippen MR) is 88.8 cm³/mol. The van der Waals surface area contributed by atoms with E-state index in [1.165, 1.54) is 0 Å². The first kappa shape index (κ1) is 17.5. The number of rotatable bonds is 3. The van der Waals surface area contributed by atoms with Crippen molar-refractivity contribution in [3.05, 3.63) is 33.0 Å². The van der Waals surface area contributed by atoms with Crippen molar-refractivity contribution in [2.24, 2.45) is 0 Å². The van der Waals surface area contributed by atoms with Crippen molar-refractivity contribution in [1.82, 2.24) is 4.90 Å². The van der Waals surface area contributed by atoms with Crippen LogP contribution in [0.1, 0.15) is 39.2 Å². The van der Waals surface area contributed by atoms with Gasteiger partial charge in [-0.2, -0.15) is 0 Å². The van der Waals surface area contributed by atoms with Crippen LogP contribution in [0.2, 0.25) is 5.02 Å². The van der Waals surface area contributed by atoms with Crippen molar-refractivity contribution in [3.8, 4) is 0 Å². The molecule has 6 heteroatoms. The van der Waals surface area contributed by atoms with Gasteiger partial charge in [0.2, 0.25) is 0 Å². The highest BCUT2D eigenvalue weighted by Gasteiger charge is 2.49. The Kier molecular flexibility index (Phi) is 4.79. The van der Waals surface area contributed by atoms with Gasteiger partial charge in [0.15, 0.2) is 5.82 Å². The summed E-state index contributed by atoms with van der Waals surface area (Å²) < 4.78 is 19.7. The van der Waals surface area contributed by atoms with Gasteiger partial charge in [-0.15, -0.1) is 0 Å². The molecular weight excluding hydrogens is 373 g/mol. The molecule has 0 saturated heterocycles. The predicted octanol–water partition coefficient (Wildman–Crippen LogP) is 5.18. The summed E-state index contributed by atoms with van der Waals surface area (Å²) in [6, 6.07) is 3.33. The third-order valence-electron chi connectivity index (χ3n) is 3.84. The Bertz CT molecular complexity index is 597. The normalized spacial score (nSPS) is 16.3. The zero-order chi connectivity index (χ0) is 16.7. The Balaban J connectivity index is 2.15. The van der Waals surface area contributed by atoms with E-state index in [1.807, 2.05) is 20.8 Å². The molecule has 1 aliphatic carbocycles. The average molecular weight is 393 g/mol. The highest BCUT2D eigenvalue weighted by Crippen LogP contribution is 2.45. The average Bonchev–Trinajstić information content (AvgIpc) is 3.18. The lowest BCUT2D eigenvalue weighted by molar-refractivity contribution is 0.0194. The molecule has 0 atom stereocenters. The molecule has 1 fully saturated rings. The number of likely N-dealkylation sites (N-methyl/N-ethyl adjacent to an activating group) is 1. The highest BCUT2D eigenvalue weighted by molar-refractivity contribution is 9.10. The van der Waals surface area contributed by atoms with Crippen LogP contribution in [-0.4, -0.2) is 29.2 Å². The summed E-state index contributed by atoms with van der Waals surface area (Å²) in [5.41, 5.74) is -0.0331. The van der Waals surface area contributed by atoms with E-state index in [-0.39, 0.29) is 16.7 Å². The maximum absolute atomic E-state index is 13.9. The molecule has 0 unspecified atom stereocenters. The van der Waals surface area contributed by atoms with Gasteiger partial charge >= 0.3 is 6.09 Å². The number of carbonyl (C=O) groups is 1. The molecule has 1 amide bonds. The van der Waals surface area contributed by atoms with Gasteiger partial charge in [-0.05, 0) is 67.6 Å². The summed E-state index contributed by atoms with van der Waals surface area (Å²) in [6.45, 7) is 5.51. The van der Waals surface area contributed by atoms with Crippen LogP contribution < -0.4 is 0 Å². The van der Waals surface area contributed by atoms with E-state index in [0.29, 0.717) is 10.9 Å². The van der Waals surface area contributed by atoms with Crippen LogP contribution >= 0.6 is 27.5 Å². The maximum atomic E-state index is 13.9. The number of hydrogen-bond acceptors (Lipinski definition) is 2. The summed E-state index contributed by atoms with van der Waals surface area (Å²) in [5, 5.41) is 0.0842. The van der Waals surface area contributed by atoms with E-state index in [0.717, 1.165) is 18.4 Å². The van der Waals surface area contributed by atoms with Crippen molar-refractivity contribution in [1.29, 1.82) is 0 Å². The van der Waals surface area contributed by atoms with Crippen LogP contribution in [0.5, 0.6) is 0 Å². The largest absolute Gasteiger partial charge is 0.444 e. The van der Waals surface area contributed by atoms with E-state index >= 15 is 0 Å². The number of benzene rings is 1. The molecule has 122 valence electrons. The van der Waals surface area contributed by atoms with E-state index in [1.54, 1.807) is 24.1 Å². The Morgan fingerprint density at radius 2 is 2.05 bits per heavy atom. The fourth-order valence-corrected chi connectivity index (χ4v) is 3.11. The van der Waals surface area contributed by atoms with Crippen molar-refractivity contribution in [2.45, 2.75) is 51.2 Å². The third kappa shape index (κ3) is 3.74. The molecule has 1 saturated carbocycles. The zero-order valence-electron chi connectivity index (χ0n) is 13.2. The molecule has 22 heavy (non-hydrogen) atoms. The monoisotopic (exact) mass is 391 g/mol. The molecule has 0 heterocycles. The Labute approximate surface area is 143 Å². The molecule has 0 bridgehead atoms. The van der Waals surface area contributed by atoms with Crippen LogP contribution in [0, 0.1) is 5.82 Å². The number of amides is 1. The lowest BCUT2D eigenvalue weighted by Crippen LogP contribution is -2.43. The Morgan fingerprint density at radius 3 is 2.55 bits per heavy atom. The first-order valence-corrected chi connectivity index (χ1v) is 8.32. The summed E-state index contributed by atoms with van der Waals surface area (Å²) in [7, 11) is 1.74. The minimum absolute atomic E-state index is 0.0842. The van der Waals surface area contributed by atoms with Gasteiger partial charge in [0, 0.05) is 7.05 Å². The van der Waals surface area contributed by atoms with Crippen molar-refractivity contribution >= 4 is 33.6 Å². The molecule has 0 N–H and O–H groups in total. The molecular formula is C16H20BrClFNO2. The first-order chi connectivity index (χ1) is 10.1. The minimum atomic E-state index is -0.533. The van der Waals surface area contributed by atoms with Crippen molar-refractivity contribution < 1.29 is 13.9 Å². The second kappa shape index (κ2) is 6.00. The molecule has 1 aromatic rings. The van der Waals surface area contributed by atoms with Crippen LogP contribution in [0.3, 0.4) is 0 Å². The minimum Gasteiger partial charge on any atom is -0.444 e. The van der Waals surface area contributed by atoms with Gasteiger partial charge in [-0.25, -0.2) is 9.18 Å². The number of hydrogen-bond donors (Lipinski definition) is 0. The lowest BCUT2D eigenvalue weighted by atomic mass is 10.0. The Hall–Kier alpha value is -0.810. The third-order valence-corrected chi connectivity index (χ3v) is 4.99. The summed E-state index contributed by atoms with van der Waals surface area (Å²) in [5.74, 6) is -0.463. The van der Waals surface area contributed by atoms with Crippen LogP contribution in [-0.2, 0) is 11.2 Å². The van der Waals surface area contributed by atoms with E-state index < -0.39 is 11.4 Å². The fourth-order valence-electron chi connectivity index (χ4n) is 2.36. The number of nitrogens with zero attached hydrogens (tertiary/aromatic N) is 1. The van der Waals surface area contributed by atoms with E-state index in [2.05, 4.69) is 15.9 Å². The van der Waals surface area contributed by atoms with Crippen LogP contribution in [0.4, 0.5) is 9.18 Å². The van der Waals surface area contributed by atoms with Crippen molar-refractivity contribution in [3.63, 3.8) is 0 Å². The molecule has 0 aromatic heterocycles. The second-order valence-electron chi connectivity index (χ2n) is 6.77. The van der Waals surface area contributed by atoms with Gasteiger partial charge in [0.1, 0.15) is 5.60 Å². The highest BCUT2D eigenvalue weighted by atomic mass is 79.9. The number of ether oxygens (including phenoxy) is 1. The molecule has 1 aliphatic rings. The molecule has 2 rings (SSSR count). The van der Waals surface area contributed by atoms with Gasteiger partial charge < -0.3 is 9.64 Å². The Morgan fingerprint density at radius 1 is 1.45 bits per heavy atom. The topological polar surface area (TPSA) is 29.5 Å². The maximum Gasteiger partial charge on any atom is 0.410 e. The lowest BCUT2D eigenvalue weighted by Gasteiger charge is -2.31. The first-order valence-electron chi connectivity index (χ1n) is 7.15. The number of halogens is 3. The van der Waals surface area contributed by atoms with Crippen LogP contribution in [0.25, 0.3) is 0 Å². The summed E-state index contributed by atoms with van der Waals surface area (Å²) >= 11 is 9.02. The van der Waals surface area contributed by atoms with E-state index in [9.17, 15) is 9.18 Å². The van der Waals surface area contributed by atoms with Gasteiger partial charge in [0.25, 0.3) is 0 Å². The quantitative estimate of drug-likeness (QED) is 0.663. The fraction of sp³-hybridized carbons (Fsp3) is 0.562. The zero-order valence-corrected chi connectivity index (χ0v) is 15.5. The van der Waals surface area contributed by atoms with Gasteiger partial charge in [0.05, 0.1) is 15.0 Å². The SMILES string of the molecule is CN(C(=O)OC(C)(C)C)C1(Cc2ccc(Cl)c(F)c2Br)CC1. The second-order valence-corrected chi connectivity index (χ2v) is 7.98. The standard InChI is InChI=1S/C16H20BrClFNO2/c1-15(2,3)22-14(21)20(4)16(7-8-16)9-10-5-6-11(18)13(19)12(10)17/h5-6H,7-9H2,1-4H3. The molecule has 0 spiro atoms.